The molecule has 4 heteroatoms. The van der Waals surface area contributed by atoms with Gasteiger partial charge in [-0.1, -0.05) is 26.0 Å². The van der Waals surface area contributed by atoms with Gasteiger partial charge in [-0.15, -0.1) is 0 Å². The van der Waals surface area contributed by atoms with E-state index >= 15 is 0 Å². The third-order valence-electron chi connectivity index (χ3n) is 3.30. The number of amides is 1. The Morgan fingerprint density at radius 2 is 2.05 bits per heavy atom. The second kappa shape index (κ2) is 6.75. The standard InChI is InChI=1S/C16H26N2O2/c1-11(2)9-16(4,20)10-18-15(19)12(3)13-6-5-7-14(17)8-13/h5-8,11-12,20H,9-10,17H2,1-4H3,(H,18,19). The summed E-state index contributed by atoms with van der Waals surface area (Å²) in [4.78, 5) is 12.1. The fourth-order valence-corrected chi connectivity index (χ4v) is 2.36. The lowest BCUT2D eigenvalue weighted by Crippen LogP contribution is -2.42. The van der Waals surface area contributed by atoms with Gasteiger partial charge >= 0.3 is 0 Å². The van der Waals surface area contributed by atoms with Crippen LogP contribution in [0.4, 0.5) is 5.69 Å². The largest absolute Gasteiger partial charge is 0.399 e. The molecule has 0 saturated heterocycles. The Morgan fingerprint density at radius 3 is 2.60 bits per heavy atom. The van der Waals surface area contributed by atoms with Gasteiger partial charge in [0.1, 0.15) is 0 Å². The molecule has 0 aliphatic heterocycles. The number of rotatable bonds is 6. The summed E-state index contributed by atoms with van der Waals surface area (Å²) in [6.45, 7) is 7.94. The minimum atomic E-state index is -0.876. The SMILES string of the molecule is CC(C)CC(C)(O)CNC(=O)C(C)c1cccc(N)c1. The van der Waals surface area contributed by atoms with Crippen LogP contribution in [0.2, 0.25) is 0 Å². The van der Waals surface area contributed by atoms with Gasteiger partial charge < -0.3 is 16.2 Å². The van der Waals surface area contributed by atoms with Crippen LogP contribution in [0.3, 0.4) is 0 Å². The first-order valence-corrected chi connectivity index (χ1v) is 7.07. The van der Waals surface area contributed by atoms with E-state index in [9.17, 15) is 9.90 Å². The molecule has 0 fully saturated rings. The van der Waals surface area contributed by atoms with Gasteiger partial charge in [0.05, 0.1) is 11.5 Å². The third kappa shape index (κ3) is 5.21. The number of carbonyl (C=O) groups excluding carboxylic acids is 1. The molecule has 4 nitrogen and oxygen atoms in total. The zero-order valence-electron chi connectivity index (χ0n) is 12.8. The lowest BCUT2D eigenvalue weighted by Gasteiger charge is -2.26. The Bertz CT molecular complexity index is 456. The molecule has 0 aliphatic carbocycles. The monoisotopic (exact) mass is 278 g/mol. The van der Waals surface area contributed by atoms with Crippen LogP contribution in [0.25, 0.3) is 0 Å². The van der Waals surface area contributed by atoms with Crippen molar-refractivity contribution in [3.63, 3.8) is 0 Å². The van der Waals surface area contributed by atoms with E-state index in [2.05, 4.69) is 5.32 Å². The number of hydrogen-bond donors (Lipinski definition) is 3. The topological polar surface area (TPSA) is 75.3 Å². The minimum absolute atomic E-state index is 0.0976. The zero-order chi connectivity index (χ0) is 15.3. The van der Waals surface area contributed by atoms with Crippen molar-refractivity contribution >= 4 is 11.6 Å². The fraction of sp³-hybridized carbons (Fsp3) is 0.562. The van der Waals surface area contributed by atoms with Crippen molar-refractivity contribution in [2.75, 3.05) is 12.3 Å². The van der Waals surface area contributed by atoms with Crippen molar-refractivity contribution in [2.24, 2.45) is 5.92 Å². The third-order valence-corrected chi connectivity index (χ3v) is 3.30. The molecule has 0 aliphatic rings. The Hall–Kier alpha value is -1.55. The molecule has 20 heavy (non-hydrogen) atoms. The van der Waals surface area contributed by atoms with Crippen LogP contribution in [-0.2, 0) is 4.79 Å². The van der Waals surface area contributed by atoms with E-state index in [0.717, 1.165) is 5.56 Å². The highest BCUT2D eigenvalue weighted by Gasteiger charge is 2.24. The Kier molecular flexibility index (Phi) is 5.57. The van der Waals surface area contributed by atoms with Crippen LogP contribution >= 0.6 is 0 Å². The van der Waals surface area contributed by atoms with Gasteiger partial charge in [-0.3, -0.25) is 4.79 Å². The van der Waals surface area contributed by atoms with Crippen LogP contribution in [0.15, 0.2) is 24.3 Å². The fourth-order valence-electron chi connectivity index (χ4n) is 2.36. The first-order valence-electron chi connectivity index (χ1n) is 7.07. The summed E-state index contributed by atoms with van der Waals surface area (Å²) in [5.74, 6) is 0.00114. The number of nitrogens with one attached hydrogen (secondary N) is 1. The highest BCUT2D eigenvalue weighted by molar-refractivity contribution is 5.83. The molecule has 1 aromatic rings. The van der Waals surface area contributed by atoms with Crippen molar-refractivity contribution in [3.8, 4) is 0 Å². The number of benzene rings is 1. The zero-order valence-corrected chi connectivity index (χ0v) is 12.8. The average molecular weight is 278 g/mol. The highest BCUT2D eigenvalue weighted by Crippen LogP contribution is 2.19. The van der Waals surface area contributed by atoms with Crippen molar-refractivity contribution in [1.29, 1.82) is 0 Å². The van der Waals surface area contributed by atoms with Gasteiger partial charge in [0, 0.05) is 12.2 Å². The Labute approximate surface area is 121 Å². The van der Waals surface area contributed by atoms with Gasteiger partial charge in [0.15, 0.2) is 0 Å². The number of nitrogen functional groups attached to an aromatic ring is 1. The summed E-state index contributed by atoms with van der Waals surface area (Å²) in [7, 11) is 0. The Balaban J connectivity index is 2.58. The normalized spacial score (nSPS) is 15.7. The summed E-state index contributed by atoms with van der Waals surface area (Å²) in [5.41, 5.74) is 6.37. The molecule has 1 rings (SSSR count). The predicted octanol–water partition coefficient (Wildman–Crippen LogP) is 2.29. The van der Waals surface area contributed by atoms with Gasteiger partial charge in [-0.05, 0) is 43.9 Å². The average Bonchev–Trinajstić information content (AvgIpc) is 2.33. The lowest BCUT2D eigenvalue weighted by molar-refractivity contribution is -0.123. The van der Waals surface area contributed by atoms with E-state index in [1.54, 1.807) is 19.1 Å². The van der Waals surface area contributed by atoms with Crippen molar-refractivity contribution in [1.82, 2.24) is 5.32 Å². The predicted molar refractivity (Wildman–Crippen MR) is 82.4 cm³/mol. The van der Waals surface area contributed by atoms with Gasteiger partial charge in [0.2, 0.25) is 5.91 Å². The molecule has 112 valence electrons. The summed E-state index contributed by atoms with van der Waals surface area (Å²) < 4.78 is 0. The van der Waals surface area contributed by atoms with Crippen LogP contribution in [0.5, 0.6) is 0 Å². The number of aliphatic hydroxyl groups is 1. The van der Waals surface area contributed by atoms with Crippen LogP contribution in [0.1, 0.15) is 45.6 Å². The van der Waals surface area contributed by atoms with Crippen LogP contribution in [0, 0.1) is 5.92 Å². The maximum Gasteiger partial charge on any atom is 0.227 e. The van der Waals surface area contributed by atoms with Gasteiger partial charge in [0.25, 0.3) is 0 Å². The van der Waals surface area contributed by atoms with Crippen molar-refractivity contribution < 1.29 is 9.90 Å². The summed E-state index contributed by atoms with van der Waals surface area (Å²) in [6.07, 6.45) is 0.653. The molecule has 2 unspecified atom stereocenters. The second-order valence-corrected chi connectivity index (χ2v) is 6.20. The van der Waals surface area contributed by atoms with E-state index < -0.39 is 5.60 Å². The molecule has 0 heterocycles. The maximum absolute atomic E-state index is 12.1. The van der Waals surface area contributed by atoms with Crippen molar-refractivity contribution in [3.05, 3.63) is 29.8 Å². The van der Waals surface area contributed by atoms with E-state index in [-0.39, 0.29) is 18.4 Å². The number of carbonyl (C=O) groups is 1. The molecule has 2 atom stereocenters. The van der Waals surface area contributed by atoms with Crippen LogP contribution < -0.4 is 11.1 Å². The summed E-state index contributed by atoms with van der Waals surface area (Å²) in [5, 5.41) is 13.0. The van der Waals surface area contributed by atoms with Crippen LogP contribution in [-0.4, -0.2) is 23.2 Å². The highest BCUT2D eigenvalue weighted by atomic mass is 16.3. The number of nitrogens with two attached hydrogens (primary N) is 1. The minimum Gasteiger partial charge on any atom is -0.399 e. The number of anilines is 1. The van der Waals surface area contributed by atoms with E-state index in [1.807, 2.05) is 32.9 Å². The summed E-state index contributed by atoms with van der Waals surface area (Å²) in [6, 6.07) is 7.31. The number of hydrogen-bond acceptors (Lipinski definition) is 3. The second-order valence-electron chi connectivity index (χ2n) is 6.20. The molecule has 0 radical (unpaired) electrons. The molecular weight excluding hydrogens is 252 g/mol. The first kappa shape index (κ1) is 16.5. The molecule has 0 spiro atoms. The van der Waals surface area contributed by atoms with Gasteiger partial charge in [-0.2, -0.15) is 0 Å². The van der Waals surface area contributed by atoms with E-state index in [1.165, 1.54) is 0 Å². The van der Waals surface area contributed by atoms with E-state index in [0.29, 0.717) is 18.0 Å². The maximum atomic E-state index is 12.1. The first-order chi connectivity index (χ1) is 9.21. The molecule has 0 saturated carbocycles. The smallest absolute Gasteiger partial charge is 0.227 e. The van der Waals surface area contributed by atoms with E-state index in [4.69, 9.17) is 5.73 Å². The molecule has 1 amide bonds. The molecule has 0 aromatic heterocycles. The molecule has 0 bridgehead atoms. The summed E-state index contributed by atoms with van der Waals surface area (Å²) >= 11 is 0. The van der Waals surface area contributed by atoms with Gasteiger partial charge in [-0.25, -0.2) is 0 Å². The van der Waals surface area contributed by atoms with Crippen molar-refractivity contribution in [2.45, 2.75) is 45.6 Å². The molecule has 4 N–H and O–H groups in total. The molecule has 1 aromatic carbocycles. The molecular formula is C16H26N2O2. The quantitative estimate of drug-likeness (QED) is 0.699. The Morgan fingerprint density at radius 1 is 1.40 bits per heavy atom. The lowest BCUT2D eigenvalue weighted by atomic mass is 9.93.